The summed E-state index contributed by atoms with van der Waals surface area (Å²) >= 11 is 0. The summed E-state index contributed by atoms with van der Waals surface area (Å²) in [5.41, 5.74) is 7.86. The molecule has 0 atom stereocenters. The van der Waals surface area contributed by atoms with Crippen molar-refractivity contribution in [2.75, 3.05) is 13.7 Å². The van der Waals surface area contributed by atoms with Gasteiger partial charge in [0.2, 0.25) is 0 Å². The molecule has 5 aromatic carbocycles. The van der Waals surface area contributed by atoms with Crippen LogP contribution < -0.4 is 0 Å². The number of rotatable bonds is 24. The van der Waals surface area contributed by atoms with E-state index in [2.05, 4.69) is 48.5 Å². The van der Waals surface area contributed by atoms with Crippen LogP contribution in [0.4, 0.5) is 84.7 Å². The molecule has 5 rings (SSSR count). The molecule has 0 bridgehead atoms. The largest absolute Gasteiger partial charge is 0.465 e. The fourth-order valence-electron chi connectivity index (χ4n) is 7.69. The lowest BCUT2D eigenvalue weighted by Gasteiger charge is -2.42. The minimum Gasteiger partial charge on any atom is -0.465 e. The first-order chi connectivity index (χ1) is 36.7. The highest BCUT2D eigenvalue weighted by Crippen LogP contribution is 2.64. The van der Waals surface area contributed by atoms with E-state index in [1.165, 1.54) is 36.4 Å². The molecule has 0 N–H and O–H groups in total. The monoisotopic (exact) mass is 1140 g/mol. The van der Waals surface area contributed by atoms with Crippen LogP contribution in [0.5, 0.6) is 0 Å². The number of alkyl halides is 17. The Morgan fingerprint density at radius 2 is 0.937 bits per heavy atom. The van der Waals surface area contributed by atoms with Crippen molar-refractivity contribution in [2.24, 2.45) is 10.3 Å². The SMILES string of the molecule is CCCN(Cc1ccc(CCC(F)(F)C(F)(F)C(F)(F)C(F)(F)C(F)(F)C(F)(F)C(F)(F)C(F)(F)F)cc1)N=Nc1ccc(/C=C/c2ccc(/C=C/c3cc(CC)c(/C=C/c4ccc(C(=O)OC)cc4)cc3CC)cc2)cc1F. The van der Waals surface area contributed by atoms with Crippen molar-refractivity contribution in [1.29, 1.82) is 0 Å². The van der Waals surface area contributed by atoms with Gasteiger partial charge in [-0.2, -0.15) is 74.6 Å². The Kier molecular flexibility index (Phi) is 19.5. The van der Waals surface area contributed by atoms with E-state index >= 15 is 4.39 Å². The summed E-state index contributed by atoms with van der Waals surface area (Å²) in [7, 11) is 1.33. The first kappa shape index (κ1) is 62.8. The number of nitrogens with zero attached hydrogens (tertiary/aromatic N) is 3. The highest BCUT2D eigenvalue weighted by atomic mass is 19.4. The van der Waals surface area contributed by atoms with E-state index in [-0.39, 0.29) is 18.8 Å². The molecule has 0 saturated carbocycles. The highest BCUT2D eigenvalue weighted by Gasteiger charge is 2.95. The predicted octanol–water partition coefficient (Wildman–Crippen LogP) is 18.1. The normalized spacial score (nSPS) is 13.6. The van der Waals surface area contributed by atoms with E-state index in [0.29, 0.717) is 23.1 Å². The van der Waals surface area contributed by atoms with Gasteiger partial charge >= 0.3 is 53.6 Å². The highest BCUT2D eigenvalue weighted by molar-refractivity contribution is 5.89. The van der Waals surface area contributed by atoms with Gasteiger partial charge in [-0.05, 0) is 106 Å². The van der Waals surface area contributed by atoms with Gasteiger partial charge in [-0.15, -0.1) is 5.11 Å². The molecule has 0 saturated heterocycles. The molecule has 0 aliphatic carbocycles. The van der Waals surface area contributed by atoms with Crippen LogP contribution in [0.1, 0.15) is 99.6 Å². The summed E-state index contributed by atoms with van der Waals surface area (Å²) in [5, 5.41) is 9.33. The van der Waals surface area contributed by atoms with Gasteiger partial charge in [0.1, 0.15) is 5.69 Å². The number of hydrogen-bond donors (Lipinski definition) is 0. The fraction of sp³-hybridized carbons (Fsp3) is 0.339. The lowest BCUT2D eigenvalue weighted by atomic mass is 9.87. The second-order valence-corrected chi connectivity index (χ2v) is 18.0. The number of hydrogen-bond acceptors (Lipinski definition) is 4. The second-order valence-electron chi connectivity index (χ2n) is 18.0. The summed E-state index contributed by atoms with van der Waals surface area (Å²) in [6, 6.07) is 27.5. The Morgan fingerprint density at radius 1 is 0.519 bits per heavy atom. The van der Waals surface area contributed by atoms with Gasteiger partial charge in [0.25, 0.3) is 0 Å². The van der Waals surface area contributed by atoms with Crippen LogP contribution in [-0.4, -0.2) is 72.3 Å². The van der Waals surface area contributed by atoms with E-state index in [9.17, 15) is 79.4 Å². The van der Waals surface area contributed by atoms with Crippen LogP contribution in [0.2, 0.25) is 0 Å². The molecule has 5 aromatic rings. The standard InChI is InChI=1S/C56H49F18N3O2/c1-5-30-77(34-40-16-13-38(14-17-40)28-29-49(58,59)50(60,61)51(62,63)52(64,65)53(66,67)54(68,69)55(70,71)56(72,73)74)76-75-47-27-22-39(31-46(47)57)15-12-35-8-10-36(11-9-35)20-25-44-32-42(7-3)45(33-41(44)6-2)26-21-37-18-23-43(24-19-37)48(78)79-4/h8-27,31-33H,5-7,28-30,34H2,1-4H3/b15-12+,25-20+,26-21+,76-75?. The molecule has 0 spiro atoms. The minimum absolute atomic E-state index is 0.111. The van der Waals surface area contributed by atoms with Crippen molar-refractivity contribution >= 4 is 48.1 Å². The van der Waals surface area contributed by atoms with Gasteiger partial charge in [0.05, 0.1) is 19.2 Å². The molecule has 0 aromatic heterocycles. The third-order valence-corrected chi connectivity index (χ3v) is 12.4. The Bertz CT molecular complexity index is 3000. The maximum atomic E-state index is 15.2. The number of benzene rings is 5. The molecule has 79 heavy (non-hydrogen) atoms. The molecule has 426 valence electrons. The summed E-state index contributed by atoms with van der Waals surface area (Å²) in [4.78, 5) is 11.8. The molecule has 5 nitrogen and oxygen atoms in total. The van der Waals surface area contributed by atoms with Gasteiger partial charge in [0, 0.05) is 13.0 Å². The van der Waals surface area contributed by atoms with Crippen molar-refractivity contribution in [2.45, 2.75) is 107 Å². The molecule has 0 fully saturated rings. The quantitative estimate of drug-likeness (QED) is 0.0203. The van der Waals surface area contributed by atoms with Gasteiger partial charge in [0.15, 0.2) is 5.82 Å². The van der Waals surface area contributed by atoms with Gasteiger partial charge in [-0.1, -0.05) is 141 Å². The maximum Gasteiger partial charge on any atom is 0.460 e. The van der Waals surface area contributed by atoms with E-state index in [4.69, 9.17) is 4.74 Å². The molecule has 0 amide bonds. The zero-order chi connectivity index (χ0) is 59.0. The molecule has 0 aliphatic heterocycles. The van der Waals surface area contributed by atoms with Gasteiger partial charge < -0.3 is 4.74 Å². The van der Waals surface area contributed by atoms with E-state index in [0.717, 1.165) is 63.9 Å². The Hall–Kier alpha value is -7.07. The van der Waals surface area contributed by atoms with Crippen LogP contribution in [0.25, 0.3) is 36.5 Å². The number of ether oxygens (including phenoxy) is 1. The molecule has 0 radical (unpaired) electrons. The Balaban J connectivity index is 1.19. The Labute approximate surface area is 442 Å². The molecular weight excluding hydrogens is 1090 g/mol. The molecule has 0 unspecified atom stereocenters. The van der Waals surface area contributed by atoms with E-state index < -0.39 is 77.8 Å². The zero-order valence-corrected chi connectivity index (χ0v) is 42.2. The zero-order valence-electron chi connectivity index (χ0n) is 42.2. The molecule has 0 heterocycles. The number of carbonyl (C=O) groups excluding carboxylic acids is 1. The van der Waals surface area contributed by atoms with Crippen LogP contribution in [0, 0.1) is 5.82 Å². The minimum atomic E-state index is -8.68. The van der Waals surface area contributed by atoms with Crippen molar-refractivity contribution in [3.8, 4) is 0 Å². The third kappa shape index (κ3) is 13.5. The average Bonchev–Trinajstić information content (AvgIpc) is 3.57. The predicted molar refractivity (Wildman–Crippen MR) is 263 cm³/mol. The van der Waals surface area contributed by atoms with Gasteiger partial charge in [-0.25, -0.2) is 9.18 Å². The van der Waals surface area contributed by atoms with Crippen LogP contribution in [0.15, 0.2) is 113 Å². The fourth-order valence-corrected chi connectivity index (χ4v) is 7.69. The topological polar surface area (TPSA) is 54.3 Å². The number of aryl methyl sites for hydroxylation is 3. The lowest BCUT2D eigenvalue weighted by molar-refractivity contribution is -0.461. The van der Waals surface area contributed by atoms with Crippen LogP contribution in [0.3, 0.4) is 0 Å². The summed E-state index contributed by atoms with van der Waals surface area (Å²) in [6.07, 6.45) is 1.83. The first-order valence-electron chi connectivity index (χ1n) is 24.0. The lowest BCUT2D eigenvalue weighted by Crippen LogP contribution is -2.74. The number of carbonyl (C=O) groups is 1. The van der Waals surface area contributed by atoms with Crippen molar-refractivity contribution < 1.29 is 88.6 Å². The van der Waals surface area contributed by atoms with Crippen LogP contribution >= 0.6 is 0 Å². The Morgan fingerprint density at radius 3 is 1.38 bits per heavy atom. The molecular formula is C56H49F18N3O2. The first-order valence-corrected chi connectivity index (χ1v) is 24.0. The van der Waals surface area contributed by atoms with Crippen LogP contribution in [-0.2, 0) is 30.5 Å². The van der Waals surface area contributed by atoms with Crippen molar-refractivity contribution in [1.82, 2.24) is 5.01 Å². The molecule has 23 heteroatoms. The van der Waals surface area contributed by atoms with Gasteiger partial charge in [-0.3, -0.25) is 5.01 Å². The summed E-state index contributed by atoms with van der Waals surface area (Å²) < 4.78 is 253. The summed E-state index contributed by atoms with van der Waals surface area (Å²) in [6.45, 7) is 5.99. The number of halogens is 18. The van der Waals surface area contributed by atoms with Crippen molar-refractivity contribution in [3.63, 3.8) is 0 Å². The number of esters is 1. The molecule has 0 aliphatic rings. The third-order valence-electron chi connectivity index (χ3n) is 12.4. The maximum absolute atomic E-state index is 15.2. The van der Waals surface area contributed by atoms with E-state index in [1.807, 2.05) is 48.6 Å². The van der Waals surface area contributed by atoms with Crippen molar-refractivity contribution in [3.05, 3.63) is 170 Å². The number of methoxy groups -OCH3 is 1. The van der Waals surface area contributed by atoms with E-state index in [1.54, 1.807) is 37.3 Å². The average molecular weight is 1140 g/mol. The second kappa shape index (κ2) is 24.5. The smallest absolute Gasteiger partial charge is 0.460 e. The summed E-state index contributed by atoms with van der Waals surface area (Å²) in [5.74, 6) is -57.8.